The van der Waals surface area contributed by atoms with Crippen molar-refractivity contribution in [1.82, 2.24) is 10.3 Å². The Labute approximate surface area is 106 Å². The summed E-state index contributed by atoms with van der Waals surface area (Å²) in [6, 6.07) is 9.72. The molecule has 2 aromatic rings. The summed E-state index contributed by atoms with van der Waals surface area (Å²) in [4.78, 5) is 4.18. The Morgan fingerprint density at radius 3 is 3.00 bits per heavy atom. The van der Waals surface area contributed by atoms with Gasteiger partial charge in [-0.2, -0.15) is 5.26 Å². The number of nitriles is 1. The maximum atomic E-state index is 8.82. The molecule has 92 valence electrons. The van der Waals surface area contributed by atoms with Crippen LogP contribution < -0.4 is 5.32 Å². The Bertz CT molecular complexity index is 568. The fourth-order valence-electron chi connectivity index (χ4n) is 1.68. The number of aromatic nitrogens is 1. The van der Waals surface area contributed by atoms with Gasteiger partial charge >= 0.3 is 0 Å². The van der Waals surface area contributed by atoms with E-state index in [1.807, 2.05) is 32.0 Å². The fourth-order valence-corrected chi connectivity index (χ4v) is 1.68. The third-order valence-corrected chi connectivity index (χ3v) is 2.68. The molecule has 0 saturated heterocycles. The van der Waals surface area contributed by atoms with Crippen molar-refractivity contribution in [2.75, 3.05) is 0 Å². The molecule has 1 heterocycles. The van der Waals surface area contributed by atoms with Crippen molar-refractivity contribution in [3.8, 4) is 6.07 Å². The monoisotopic (exact) mass is 241 g/mol. The van der Waals surface area contributed by atoms with Crippen molar-refractivity contribution in [1.29, 1.82) is 5.26 Å². The summed E-state index contributed by atoms with van der Waals surface area (Å²) < 4.78 is 5.45. The van der Waals surface area contributed by atoms with Gasteiger partial charge in [-0.25, -0.2) is 4.98 Å². The first-order valence-corrected chi connectivity index (χ1v) is 5.84. The van der Waals surface area contributed by atoms with E-state index in [4.69, 9.17) is 9.68 Å². The molecule has 18 heavy (non-hydrogen) atoms. The first-order valence-electron chi connectivity index (χ1n) is 5.84. The molecular weight excluding hydrogens is 226 g/mol. The van der Waals surface area contributed by atoms with Gasteiger partial charge in [0.05, 0.1) is 23.9 Å². The standard InChI is InChI=1S/C14H15N3O/c1-10-8-17-14(18-10)11(2)16-9-13-5-3-4-12(6-13)7-15/h3-6,8,11,16H,9H2,1-2H3. The maximum absolute atomic E-state index is 8.82. The summed E-state index contributed by atoms with van der Waals surface area (Å²) >= 11 is 0. The Morgan fingerprint density at radius 2 is 2.33 bits per heavy atom. The van der Waals surface area contributed by atoms with Gasteiger partial charge in [-0.05, 0) is 31.5 Å². The third kappa shape index (κ3) is 2.96. The maximum Gasteiger partial charge on any atom is 0.211 e. The highest BCUT2D eigenvalue weighted by molar-refractivity contribution is 5.32. The van der Waals surface area contributed by atoms with Crippen LogP contribution in [0.15, 0.2) is 34.9 Å². The molecule has 4 nitrogen and oxygen atoms in total. The molecule has 0 saturated carbocycles. The Balaban J connectivity index is 1.97. The average molecular weight is 241 g/mol. The number of aryl methyl sites for hydroxylation is 1. The van der Waals surface area contributed by atoms with E-state index in [1.54, 1.807) is 12.3 Å². The van der Waals surface area contributed by atoms with Crippen molar-refractivity contribution in [3.63, 3.8) is 0 Å². The fraction of sp³-hybridized carbons (Fsp3) is 0.286. The summed E-state index contributed by atoms with van der Waals surface area (Å²) in [6.07, 6.45) is 1.71. The lowest BCUT2D eigenvalue weighted by Gasteiger charge is -2.10. The zero-order chi connectivity index (χ0) is 13.0. The molecule has 0 aliphatic heterocycles. The Hall–Kier alpha value is -2.12. The van der Waals surface area contributed by atoms with Crippen LogP contribution >= 0.6 is 0 Å². The number of hydrogen-bond acceptors (Lipinski definition) is 4. The molecule has 0 spiro atoms. The molecule has 1 aromatic heterocycles. The quantitative estimate of drug-likeness (QED) is 0.894. The highest BCUT2D eigenvalue weighted by Crippen LogP contribution is 2.13. The van der Waals surface area contributed by atoms with Gasteiger partial charge < -0.3 is 9.73 Å². The van der Waals surface area contributed by atoms with E-state index in [-0.39, 0.29) is 6.04 Å². The Kier molecular flexibility index (Phi) is 3.75. The second-order valence-corrected chi connectivity index (χ2v) is 4.22. The zero-order valence-electron chi connectivity index (χ0n) is 10.5. The van der Waals surface area contributed by atoms with Crippen molar-refractivity contribution < 1.29 is 4.42 Å². The molecule has 0 bridgehead atoms. The predicted octanol–water partition coefficient (Wildman–Crippen LogP) is 2.71. The van der Waals surface area contributed by atoms with Crippen molar-refractivity contribution in [2.24, 2.45) is 0 Å². The van der Waals surface area contributed by atoms with Crippen LogP contribution in [-0.4, -0.2) is 4.98 Å². The number of oxazole rings is 1. The molecule has 0 fully saturated rings. The van der Waals surface area contributed by atoms with E-state index in [1.165, 1.54) is 0 Å². The van der Waals surface area contributed by atoms with E-state index < -0.39 is 0 Å². The summed E-state index contributed by atoms with van der Waals surface area (Å²) in [7, 11) is 0. The van der Waals surface area contributed by atoms with Gasteiger partial charge in [0, 0.05) is 6.54 Å². The molecule has 0 amide bonds. The molecule has 1 N–H and O–H groups in total. The largest absolute Gasteiger partial charge is 0.444 e. The van der Waals surface area contributed by atoms with Gasteiger partial charge in [-0.3, -0.25) is 0 Å². The predicted molar refractivity (Wildman–Crippen MR) is 67.7 cm³/mol. The summed E-state index contributed by atoms with van der Waals surface area (Å²) in [5.74, 6) is 1.49. The second kappa shape index (κ2) is 5.48. The second-order valence-electron chi connectivity index (χ2n) is 4.22. The smallest absolute Gasteiger partial charge is 0.211 e. The molecule has 0 radical (unpaired) electrons. The van der Waals surface area contributed by atoms with Crippen LogP contribution in [0, 0.1) is 18.3 Å². The van der Waals surface area contributed by atoms with Crippen molar-refractivity contribution >= 4 is 0 Å². The highest BCUT2D eigenvalue weighted by atomic mass is 16.4. The van der Waals surface area contributed by atoms with Gasteiger partial charge in [0.15, 0.2) is 0 Å². The van der Waals surface area contributed by atoms with Crippen molar-refractivity contribution in [2.45, 2.75) is 26.4 Å². The summed E-state index contributed by atoms with van der Waals surface area (Å²) in [5, 5.41) is 12.1. The molecule has 1 aromatic carbocycles. The number of rotatable bonds is 4. The number of hydrogen-bond donors (Lipinski definition) is 1. The lowest BCUT2D eigenvalue weighted by molar-refractivity contribution is 0.402. The van der Waals surface area contributed by atoms with Gasteiger partial charge in [-0.15, -0.1) is 0 Å². The SMILES string of the molecule is Cc1cnc(C(C)NCc2cccc(C#N)c2)o1. The molecular formula is C14H15N3O. The number of nitrogens with zero attached hydrogens (tertiary/aromatic N) is 2. The van der Waals surface area contributed by atoms with Crippen LogP contribution in [0.2, 0.25) is 0 Å². The molecule has 4 heteroatoms. The van der Waals surface area contributed by atoms with E-state index in [2.05, 4.69) is 16.4 Å². The van der Waals surface area contributed by atoms with E-state index in [9.17, 15) is 0 Å². The normalized spacial score (nSPS) is 12.1. The van der Waals surface area contributed by atoms with E-state index in [0.29, 0.717) is 18.0 Å². The Morgan fingerprint density at radius 1 is 1.50 bits per heavy atom. The summed E-state index contributed by atoms with van der Waals surface area (Å²) in [6.45, 7) is 4.55. The molecule has 0 aliphatic carbocycles. The number of nitrogens with one attached hydrogen (secondary N) is 1. The average Bonchev–Trinajstić information content (AvgIpc) is 2.83. The lowest BCUT2D eigenvalue weighted by Crippen LogP contribution is -2.18. The minimum Gasteiger partial charge on any atom is -0.444 e. The molecule has 1 atom stereocenters. The summed E-state index contributed by atoms with van der Waals surface area (Å²) in [5.41, 5.74) is 1.75. The van der Waals surface area contributed by atoms with Gasteiger partial charge in [-0.1, -0.05) is 12.1 Å². The lowest BCUT2D eigenvalue weighted by atomic mass is 10.1. The highest BCUT2D eigenvalue weighted by Gasteiger charge is 2.10. The first kappa shape index (κ1) is 12.3. The van der Waals surface area contributed by atoms with E-state index >= 15 is 0 Å². The number of benzene rings is 1. The molecule has 2 rings (SSSR count). The van der Waals surface area contributed by atoms with Crippen LogP contribution in [0.3, 0.4) is 0 Å². The van der Waals surface area contributed by atoms with Crippen LogP contribution in [0.5, 0.6) is 0 Å². The molecule has 0 aliphatic rings. The third-order valence-electron chi connectivity index (χ3n) is 2.68. The minimum absolute atomic E-state index is 0.0458. The minimum atomic E-state index is 0.0458. The van der Waals surface area contributed by atoms with Crippen LogP contribution in [0.1, 0.15) is 35.7 Å². The van der Waals surface area contributed by atoms with Crippen LogP contribution in [-0.2, 0) is 6.54 Å². The first-order chi connectivity index (χ1) is 8.69. The van der Waals surface area contributed by atoms with Crippen LogP contribution in [0.25, 0.3) is 0 Å². The topological polar surface area (TPSA) is 61.9 Å². The van der Waals surface area contributed by atoms with Gasteiger partial charge in [0.25, 0.3) is 0 Å². The van der Waals surface area contributed by atoms with Gasteiger partial charge in [0.1, 0.15) is 5.76 Å². The van der Waals surface area contributed by atoms with Gasteiger partial charge in [0.2, 0.25) is 5.89 Å². The van der Waals surface area contributed by atoms with Crippen molar-refractivity contribution in [3.05, 3.63) is 53.2 Å². The molecule has 1 unspecified atom stereocenters. The zero-order valence-corrected chi connectivity index (χ0v) is 10.5. The van der Waals surface area contributed by atoms with Crippen LogP contribution in [0.4, 0.5) is 0 Å². The van der Waals surface area contributed by atoms with E-state index in [0.717, 1.165) is 11.3 Å².